The highest BCUT2D eigenvalue weighted by molar-refractivity contribution is 5.00. The number of hydrogen-bond donors (Lipinski definition) is 1. The van der Waals surface area contributed by atoms with Crippen LogP contribution in [-0.2, 0) is 6.42 Å². The van der Waals surface area contributed by atoms with Gasteiger partial charge in [0.1, 0.15) is 5.76 Å². The first kappa shape index (κ1) is 11.1. The summed E-state index contributed by atoms with van der Waals surface area (Å²) >= 11 is 0. The molecule has 0 aromatic carbocycles. The van der Waals surface area contributed by atoms with Crippen LogP contribution in [0.25, 0.3) is 0 Å². The third-order valence-electron chi connectivity index (χ3n) is 2.13. The predicted molar refractivity (Wildman–Crippen MR) is 59.3 cm³/mol. The van der Waals surface area contributed by atoms with Crippen LogP contribution >= 0.6 is 0 Å². The van der Waals surface area contributed by atoms with Crippen molar-refractivity contribution in [2.24, 2.45) is 0 Å². The average molecular weight is 193 g/mol. The van der Waals surface area contributed by atoms with Crippen LogP contribution in [0, 0.1) is 0 Å². The molecule has 2 nitrogen and oxygen atoms in total. The second-order valence-corrected chi connectivity index (χ2v) is 3.85. The molecule has 2 heteroatoms. The molecule has 1 aromatic heterocycles. The maximum Gasteiger partial charge on any atom is 0.105 e. The van der Waals surface area contributed by atoms with E-state index in [0.717, 1.165) is 25.1 Å². The van der Waals surface area contributed by atoms with Crippen LogP contribution in [0.1, 0.15) is 26.0 Å². The molecule has 1 N–H and O–H groups in total. The number of nitrogens with one attached hydrogen (secondary N) is 1. The maximum absolute atomic E-state index is 5.27. The summed E-state index contributed by atoms with van der Waals surface area (Å²) in [6.07, 6.45) is 3.71. The highest BCUT2D eigenvalue weighted by Crippen LogP contribution is 2.04. The fourth-order valence-corrected chi connectivity index (χ4v) is 1.33. The summed E-state index contributed by atoms with van der Waals surface area (Å²) in [5, 5.41) is 3.43. The molecule has 1 rings (SSSR count). The Labute approximate surface area is 86.0 Å². The Hall–Kier alpha value is -1.02. The van der Waals surface area contributed by atoms with Crippen LogP contribution in [0.3, 0.4) is 0 Å². The van der Waals surface area contributed by atoms with Crippen molar-refractivity contribution >= 4 is 0 Å². The molecular formula is C12H19NO. The Morgan fingerprint density at radius 2 is 2.43 bits per heavy atom. The number of hydrogen-bond acceptors (Lipinski definition) is 2. The van der Waals surface area contributed by atoms with Gasteiger partial charge < -0.3 is 9.73 Å². The predicted octanol–water partition coefficient (Wildman–Crippen LogP) is 2.77. The smallest absolute Gasteiger partial charge is 0.105 e. The van der Waals surface area contributed by atoms with Gasteiger partial charge in [0, 0.05) is 12.5 Å². The zero-order valence-electron chi connectivity index (χ0n) is 9.05. The van der Waals surface area contributed by atoms with Crippen molar-refractivity contribution in [3.63, 3.8) is 0 Å². The van der Waals surface area contributed by atoms with Crippen LogP contribution in [-0.4, -0.2) is 12.6 Å². The van der Waals surface area contributed by atoms with Gasteiger partial charge in [-0.05, 0) is 38.9 Å². The van der Waals surface area contributed by atoms with Gasteiger partial charge in [-0.25, -0.2) is 0 Å². The number of furan rings is 1. The average Bonchev–Trinajstić information content (AvgIpc) is 2.56. The summed E-state index contributed by atoms with van der Waals surface area (Å²) in [5.41, 5.74) is 1.22. The second kappa shape index (κ2) is 5.66. The minimum Gasteiger partial charge on any atom is -0.469 e. The first-order chi connectivity index (χ1) is 6.68. The summed E-state index contributed by atoms with van der Waals surface area (Å²) in [5.74, 6) is 1.04. The largest absolute Gasteiger partial charge is 0.469 e. The molecule has 1 aromatic rings. The van der Waals surface area contributed by atoms with Crippen LogP contribution in [0.2, 0.25) is 0 Å². The van der Waals surface area contributed by atoms with Crippen LogP contribution < -0.4 is 5.32 Å². The first-order valence-electron chi connectivity index (χ1n) is 5.08. The highest BCUT2D eigenvalue weighted by Gasteiger charge is 2.03. The van der Waals surface area contributed by atoms with Crippen molar-refractivity contribution in [2.75, 3.05) is 6.54 Å². The summed E-state index contributed by atoms with van der Waals surface area (Å²) < 4.78 is 5.27. The molecule has 0 aliphatic rings. The monoisotopic (exact) mass is 193 g/mol. The molecule has 0 amide bonds. The Morgan fingerprint density at radius 3 is 3.00 bits per heavy atom. The minimum absolute atomic E-state index is 0.459. The quantitative estimate of drug-likeness (QED) is 0.703. The van der Waals surface area contributed by atoms with E-state index in [4.69, 9.17) is 4.42 Å². The van der Waals surface area contributed by atoms with Crippen molar-refractivity contribution < 1.29 is 4.42 Å². The SMILES string of the molecule is C=C(C)CCNC(C)Cc1ccco1. The lowest BCUT2D eigenvalue weighted by Gasteiger charge is -2.11. The van der Waals surface area contributed by atoms with Crippen molar-refractivity contribution in [3.05, 3.63) is 36.3 Å². The van der Waals surface area contributed by atoms with Crippen LogP contribution in [0.4, 0.5) is 0 Å². The molecule has 78 valence electrons. The standard InChI is InChI=1S/C12H19NO/c1-10(2)6-7-13-11(3)9-12-5-4-8-14-12/h4-5,8,11,13H,1,6-7,9H2,2-3H3. The van der Waals surface area contributed by atoms with E-state index >= 15 is 0 Å². The number of rotatable bonds is 6. The van der Waals surface area contributed by atoms with Crippen LogP contribution in [0.5, 0.6) is 0 Å². The third kappa shape index (κ3) is 4.28. The third-order valence-corrected chi connectivity index (χ3v) is 2.13. The molecule has 0 aliphatic carbocycles. The fraction of sp³-hybridized carbons (Fsp3) is 0.500. The molecule has 0 aliphatic heterocycles. The molecule has 0 spiro atoms. The Bertz CT molecular complexity index is 264. The lowest BCUT2D eigenvalue weighted by Crippen LogP contribution is -2.28. The van der Waals surface area contributed by atoms with Crippen molar-refractivity contribution in [2.45, 2.75) is 32.7 Å². The first-order valence-corrected chi connectivity index (χ1v) is 5.08. The van der Waals surface area contributed by atoms with Gasteiger partial charge in [0.15, 0.2) is 0 Å². The van der Waals surface area contributed by atoms with Gasteiger partial charge in [-0.2, -0.15) is 0 Å². The molecule has 0 saturated carbocycles. The fourth-order valence-electron chi connectivity index (χ4n) is 1.33. The molecule has 0 bridgehead atoms. The van der Waals surface area contributed by atoms with Gasteiger partial charge in [0.2, 0.25) is 0 Å². The van der Waals surface area contributed by atoms with Gasteiger partial charge in [-0.15, -0.1) is 6.58 Å². The molecule has 0 radical (unpaired) electrons. The zero-order chi connectivity index (χ0) is 10.4. The van der Waals surface area contributed by atoms with E-state index < -0.39 is 0 Å². The van der Waals surface area contributed by atoms with Gasteiger partial charge >= 0.3 is 0 Å². The van der Waals surface area contributed by atoms with E-state index in [1.54, 1.807) is 6.26 Å². The molecule has 0 saturated heterocycles. The van der Waals surface area contributed by atoms with Gasteiger partial charge in [0.25, 0.3) is 0 Å². The van der Waals surface area contributed by atoms with E-state index in [1.807, 2.05) is 12.1 Å². The highest BCUT2D eigenvalue weighted by atomic mass is 16.3. The normalized spacial score (nSPS) is 12.7. The Balaban J connectivity index is 2.16. The van der Waals surface area contributed by atoms with Crippen molar-refractivity contribution in [1.82, 2.24) is 5.32 Å². The molecule has 1 heterocycles. The lowest BCUT2D eigenvalue weighted by atomic mass is 10.2. The van der Waals surface area contributed by atoms with E-state index in [2.05, 4.69) is 25.7 Å². The Morgan fingerprint density at radius 1 is 1.64 bits per heavy atom. The molecular weight excluding hydrogens is 174 g/mol. The minimum atomic E-state index is 0.459. The summed E-state index contributed by atoms with van der Waals surface area (Å²) in [6, 6.07) is 4.40. The van der Waals surface area contributed by atoms with Crippen molar-refractivity contribution in [3.8, 4) is 0 Å². The topological polar surface area (TPSA) is 25.2 Å². The van der Waals surface area contributed by atoms with Crippen molar-refractivity contribution in [1.29, 1.82) is 0 Å². The van der Waals surface area contributed by atoms with Gasteiger partial charge in [-0.3, -0.25) is 0 Å². The van der Waals surface area contributed by atoms with Crippen LogP contribution in [0.15, 0.2) is 35.0 Å². The molecule has 0 fully saturated rings. The summed E-state index contributed by atoms with van der Waals surface area (Å²) in [4.78, 5) is 0. The zero-order valence-corrected chi connectivity index (χ0v) is 9.05. The van der Waals surface area contributed by atoms with Gasteiger partial charge in [0.05, 0.1) is 6.26 Å². The molecule has 1 unspecified atom stereocenters. The van der Waals surface area contributed by atoms with E-state index in [1.165, 1.54) is 5.57 Å². The second-order valence-electron chi connectivity index (χ2n) is 3.85. The molecule has 1 atom stereocenters. The van der Waals surface area contributed by atoms with Gasteiger partial charge in [-0.1, -0.05) is 5.57 Å². The Kier molecular flexibility index (Phi) is 4.47. The molecule has 14 heavy (non-hydrogen) atoms. The van der Waals surface area contributed by atoms with E-state index in [-0.39, 0.29) is 0 Å². The summed E-state index contributed by atoms with van der Waals surface area (Å²) in [6.45, 7) is 9.09. The maximum atomic E-state index is 5.27. The van der Waals surface area contributed by atoms with E-state index in [9.17, 15) is 0 Å². The van der Waals surface area contributed by atoms with E-state index in [0.29, 0.717) is 6.04 Å². The lowest BCUT2D eigenvalue weighted by molar-refractivity contribution is 0.458. The summed E-state index contributed by atoms with van der Waals surface area (Å²) in [7, 11) is 0.